The molecule has 11 aromatic rings. The van der Waals surface area contributed by atoms with Crippen LogP contribution in [0.2, 0.25) is 0 Å². The summed E-state index contributed by atoms with van der Waals surface area (Å²) in [7, 11) is 15.0. The third-order valence-corrected chi connectivity index (χ3v) is 35.8. The van der Waals surface area contributed by atoms with Crippen molar-refractivity contribution in [3.8, 4) is 0 Å². The van der Waals surface area contributed by atoms with E-state index in [0.717, 1.165) is 212 Å². The van der Waals surface area contributed by atoms with E-state index in [1.54, 1.807) is 79.1 Å². The van der Waals surface area contributed by atoms with Crippen molar-refractivity contribution < 1.29 is 41.8 Å². The lowest BCUT2D eigenvalue weighted by atomic mass is 9.95. The number of furan rings is 1. The van der Waals surface area contributed by atoms with Gasteiger partial charge in [0.15, 0.2) is 0 Å². The number of carbonyl (C=O) groups is 4. The molecule has 38 heteroatoms. The van der Waals surface area contributed by atoms with Gasteiger partial charge in [0.05, 0.1) is 121 Å². The van der Waals surface area contributed by atoms with Crippen LogP contribution in [-0.2, 0) is 112 Å². The van der Waals surface area contributed by atoms with Gasteiger partial charge in [-0.2, -0.15) is 0 Å². The number of ether oxygens (including phenoxy) is 2. The number of likely N-dealkylation sites (tertiary alicyclic amines) is 2. The summed E-state index contributed by atoms with van der Waals surface area (Å²) in [6.45, 7) is 22.0. The number of aryl methyl sites for hydroxylation is 1. The maximum Gasteiger partial charge on any atom is 0.297 e. The molecule has 0 bridgehead atoms. The minimum Gasteiger partial charge on any atom is -0.448 e. The molecule has 32 nitrogen and oxygen atoms in total. The van der Waals surface area contributed by atoms with Gasteiger partial charge < -0.3 is 48.2 Å². The molecule has 4 amide bonds. The van der Waals surface area contributed by atoms with Gasteiger partial charge in [0.1, 0.15) is 72.3 Å². The van der Waals surface area contributed by atoms with Gasteiger partial charge in [-0.05, 0) is 127 Å². The van der Waals surface area contributed by atoms with E-state index in [4.69, 9.17) is 38.8 Å². The fourth-order valence-corrected chi connectivity index (χ4v) is 29.3. The van der Waals surface area contributed by atoms with Gasteiger partial charge in [0.25, 0.3) is 27.8 Å². The molecular weight excluding hydrogens is 1800 g/mol. The highest BCUT2D eigenvalue weighted by Crippen LogP contribution is 2.47. The highest BCUT2D eigenvalue weighted by Gasteiger charge is 2.49. The molecule has 0 N–H and O–H groups in total. The fourth-order valence-electron chi connectivity index (χ4n) is 24.3. The topological polar surface area (TPSA) is 307 Å². The molecule has 1 aromatic carbocycles. The van der Waals surface area contributed by atoms with Crippen LogP contribution in [0.4, 0.5) is 8.78 Å². The zero-order valence-corrected chi connectivity index (χ0v) is 81.7. The summed E-state index contributed by atoms with van der Waals surface area (Å²) in [5.41, 5.74) is 7.36. The fraction of sp³-hybridized carbons (Fsp3) is 0.588. The molecule has 25 rings (SSSR count). The Labute approximate surface area is 794 Å². The Balaban J connectivity index is 0.000000101. The number of aromatic nitrogens is 10. The number of halogens is 2. The predicted octanol–water partition coefficient (Wildman–Crippen LogP) is 9.70. The minimum atomic E-state index is -0.826. The molecular formula is C97H118F2N20O12S4. The number of amides is 4. The van der Waals surface area contributed by atoms with Gasteiger partial charge in [-0.15, -0.1) is 45.3 Å². The second kappa shape index (κ2) is 36.2. The molecule has 0 radical (unpaired) electrons. The first-order valence-electron chi connectivity index (χ1n) is 47.9. The number of likely N-dealkylation sites (N-methyl/N-ethyl adjacent to an activating group) is 2. The number of methoxy groups -OCH3 is 2. The molecule has 10 atom stereocenters. The van der Waals surface area contributed by atoms with E-state index in [9.17, 15) is 51.9 Å². The van der Waals surface area contributed by atoms with E-state index in [-0.39, 0.29) is 111 Å². The van der Waals surface area contributed by atoms with E-state index in [0.29, 0.717) is 118 Å². The minimum absolute atomic E-state index is 0.0151. The SMILES string of the molecule is C=C1[C@@H]2CN(CCF)C[C@H]2n2c(nc3c(oc4ccccc43)c2=O)CN1C.CN1CCc2sc3c(=O)n4c(nc3c2C1)CN(C)C(=O)[C@@H]1CCC[C@H]14.CN1C[C@H]2C(=O)N(C)Cc3nc4sc5c(c4c(=O)n3[C@H]2C1)CC[C@@H](F)C5.COCCN1CCc2c(sc3nc4n(c(=O)c23)C(C)(C)CC(=O)N2CCC[C@H]42)C1.COCCN1CCc2c(sc3nc4n(c(=O)c23)[C@H]2CCC[C@@H]2C(=O)N(C)C4)C1. The summed E-state index contributed by atoms with van der Waals surface area (Å²) in [5.74, 6) is 3.89. The van der Waals surface area contributed by atoms with Gasteiger partial charge in [0.2, 0.25) is 29.2 Å². The summed E-state index contributed by atoms with van der Waals surface area (Å²) >= 11 is 6.37. The van der Waals surface area contributed by atoms with Crippen molar-refractivity contribution in [3.63, 3.8) is 0 Å². The lowest BCUT2D eigenvalue weighted by Gasteiger charge is -2.28. The maximum absolute atomic E-state index is 13.8. The summed E-state index contributed by atoms with van der Waals surface area (Å²) in [6.07, 6.45) is 11.1. The van der Waals surface area contributed by atoms with Crippen LogP contribution in [0.1, 0.15) is 179 Å². The Morgan fingerprint density at radius 1 is 0.481 bits per heavy atom. The summed E-state index contributed by atoms with van der Waals surface area (Å²) in [6, 6.07) is 7.16. The van der Waals surface area contributed by atoms with Gasteiger partial charge >= 0.3 is 0 Å². The Kier molecular flexibility index (Phi) is 24.6. The van der Waals surface area contributed by atoms with Gasteiger partial charge in [0, 0.05) is 183 Å². The van der Waals surface area contributed by atoms with E-state index in [1.807, 2.05) is 84.9 Å². The second-order valence-corrected chi connectivity index (χ2v) is 44.5. The van der Waals surface area contributed by atoms with E-state index in [2.05, 4.69) is 43.0 Å². The number of carbonyl (C=O) groups excluding carboxylic acids is 4. The number of alkyl halides is 2. The molecule has 3 aliphatic carbocycles. The Morgan fingerprint density at radius 2 is 1.03 bits per heavy atom. The summed E-state index contributed by atoms with van der Waals surface area (Å²) in [5, 5.41) is 3.09. The molecule has 14 aliphatic rings. The van der Waals surface area contributed by atoms with Crippen LogP contribution in [0.25, 0.3) is 62.9 Å². The number of hydrogen-bond acceptors (Lipinski definition) is 27. The first kappa shape index (κ1) is 91.7. The lowest BCUT2D eigenvalue weighted by molar-refractivity contribution is -0.135. The average molecular weight is 1920 g/mol. The van der Waals surface area contributed by atoms with Crippen LogP contribution in [0, 0.1) is 23.7 Å². The number of rotatable bonds is 8. The second-order valence-electron chi connectivity index (χ2n) is 40.2. The Bertz CT molecular complexity index is 6980. The van der Waals surface area contributed by atoms with Crippen molar-refractivity contribution in [2.24, 2.45) is 23.7 Å². The van der Waals surface area contributed by atoms with Crippen LogP contribution in [-0.4, -0.2) is 275 Å². The third kappa shape index (κ3) is 15.9. The monoisotopic (exact) mass is 1920 g/mol. The number of para-hydroxylation sites is 1. The smallest absolute Gasteiger partial charge is 0.297 e. The van der Waals surface area contributed by atoms with Gasteiger partial charge in [-0.3, -0.25) is 80.7 Å². The molecule has 21 heterocycles. The maximum atomic E-state index is 13.8. The molecule has 11 aliphatic heterocycles. The highest BCUT2D eigenvalue weighted by atomic mass is 32.1. The van der Waals surface area contributed by atoms with Crippen molar-refractivity contribution in [1.29, 1.82) is 0 Å². The van der Waals surface area contributed by atoms with Crippen LogP contribution in [0.5, 0.6) is 0 Å². The van der Waals surface area contributed by atoms with Crippen LogP contribution in [0.15, 0.2) is 64.9 Å². The quantitative estimate of drug-likeness (QED) is 0.137. The van der Waals surface area contributed by atoms with Crippen LogP contribution >= 0.6 is 45.3 Å². The number of benzene rings is 1. The number of hydrogen-bond donors (Lipinski definition) is 0. The summed E-state index contributed by atoms with van der Waals surface area (Å²) in [4.78, 5) is 171. The molecule has 3 saturated heterocycles. The van der Waals surface area contributed by atoms with Crippen LogP contribution < -0.4 is 27.8 Å². The van der Waals surface area contributed by atoms with Crippen LogP contribution in [0.3, 0.4) is 0 Å². The first-order chi connectivity index (χ1) is 65.0. The molecule has 5 fully saturated rings. The molecule has 2 saturated carbocycles. The molecule has 135 heavy (non-hydrogen) atoms. The number of thiophene rings is 4. The third-order valence-electron chi connectivity index (χ3n) is 31.1. The summed E-state index contributed by atoms with van der Waals surface area (Å²) < 4.78 is 52.9. The van der Waals surface area contributed by atoms with Crippen molar-refractivity contribution >= 4 is 132 Å². The Hall–Kier alpha value is -9.74. The molecule has 10 aromatic heterocycles. The lowest BCUT2D eigenvalue weighted by Crippen LogP contribution is -2.40. The highest BCUT2D eigenvalue weighted by molar-refractivity contribution is 7.20. The first-order valence-corrected chi connectivity index (χ1v) is 51.2. The molecule has 716 valence electrons. The van der Waals surface area contributed by atoms with E-state index >= 15 is 0 Å². The zero-order valence-electron chi connectivity index (χ0n) is 78.5. The van der Waals surface area contributed by atoms with Crippen molar-refractivity contribution in [2.45, 2.75) is 198 Å². The molecule has 0 unspecified atom stereocenters. The molecule has 0 spiro atoms. The van der Waals surface area contributed by atoms with E-state index < -0.39 is 18.4 Å². The average Bonchev–Trinajstić information content (AvgIpc) is 1.63. The number of nitrogens with zero attached hydrogens (tertiary/aromatic N) is 20. The van der Waals surface area contributed by atoms with Crippen molar-refractivity contribution in [3.05, 3.63) is 159 Å². The van der Waals surface area contributed by atoms with Gasteiger partial charge in [-0.1, -0.05) is 31.6 Å². The zero-order chi connectivity index (χ0) is 93.9. The normalized spacial score (nSPS) is 25.3. The van der Waals surface area contributed by atoms with Crippen molar-refractivity contribution in [2.75, 3.05) is 148 Å². The number of fused-ring (bicyclic) bond motifs is 30. The van der Waals surface area contributed by atoms with Gasteiger partial charge in [-0.25, -0.2) is 33.7 Å². The largest absolute Gasteiger partial charge is 0.448 e. The Morgan fingerprint density at radius 3 is 1.66 bits per heavy atom. The van der Waals surface area contributed by atoms with Crippen molar-refractivity contribution in [1.82, 2.24) is 96.8 Å². The standard InChI is InChI=1S/C21H28N4O3S.C20H21FN4O2.C20H26N4O3S.C18H21FN4O2S.C18H22N4O2S/c1-21(2)11-16(26)24-7-4-5-14(24)18-22-19-17(20(27)25(18)21)13-6-8-23(9-10-28-3)12-15(13)29-19;1-12-14-9-24(8-7-21)10-15(14)25-17(11-23(12)2)22-18-13-5-3-4-6-16(13)27-19(18)20(25)26;1-22-11-16-21-18-17(13-6-7-23(8-9-27-2)10-15(13)28-18)20(26)24(16)14-5-3-4-12(14)19(22)25;1-21-6-11-12(7-21)23-14(8-22(2)17(11)24)20-16-15(18(23)25)10-4-3-9(19)5-13(10)26-16;1-20-7-6-13-11(8-20)15-16(25-13)18(24)22-12-5-3-4-10(12)17(23)21(2)9-14(22)19-15/h14H,4-12H2,1-3H3;3-6,14-15H,1,7-11H2,2H3;12,14H,3-11H2,1-2H3;9,11-12H,3-8H2,1-2H3;10,12H,3-9H2,1-2H3/t14-;14-,15+;12-,14-;9-,11-,12+;10-,12-/m10011/s1. The predicted molar refractivity (Wildman–Crippen MR) is 515 cm³/mol. The van der Waals surface area contributed by atoms with E-state index in [1.165, 1.54) is 42.7 Å².